The molecular formula is C26H32FN2O5PS. The lowest BCUT2D eigenvalue weighted by atomic mass is 9.98. The van der Waals surface area contributed by atoms with Crippen molar-refractivity contribution in [1.82, 2.24) is 9.62 Å². The van der Waals surface area contributed by atoms with Crippen molar-refractivity contribution in [3.05, 3.63) is 58.9 Å². The molecule has 1 N–H and O–H groups in total. The Balaban J connectivity index is 1.39. The lowest BCUT2D eigenvalue weighted by Gasteiger charge is -2.31. The van der Waals surface area contributed by atoms with Gasteiger partial charge in [-0.3, -0.25) is 9.52 Å². The van der Waals surface area contributed by atoms with Crippen LogP contribution in [0.2, 0.25) is 0 Å². The second-order valence-corrected chi connectivity index (χ2v) is 12.0. The Labute approximate surface area is 214 Å². The van der Waals surface area contributed by atoms with E-state index in [4.69, 9.17) is 9.47 Å². The first-order valence-corrected chi connectivity index (χ1v) is 14.3. The van der Waals surface area contributed by atoms with Crippen LogP contribution in [0.25, 0.3) is 6.08 Å². The van der Waals surface area contributed by atoms with Gasteiger partial charge in [-0.05, 0) is 61.3 Å². The van der Waals surface area contributed by atoms with E-state index in [1.54, 1.807) is 13.2 Å². The van der Waals surface area contributed by atoms with Gasteiger partial charge in [0.2, 0.25) is 15.9 Å². The van der Waals surface area contributed by atoms with Gasteiger partial charge in [0.25, 0.3) is 0 Å². The molecule has 0 aromatic heterocycles. The van der Waals surface area contributed by atoms with E-state index in [1.165, 1.54) is 17.7 Å². The van der Waals surface area contributed by atoms with Gasteiger partial charge >= 0.3 is 0 Å². The van der Waals surface area contributed by atoms with E-state index in [-0.39, 0.29) is 5.82 Å². The fraction of sp³-hybridized carbons (Fsp3) is 0.423. The van der Waals surface area contributed by atoms with Gasteiger partial charge in [-0.2, -0.15) is 0 Å². The molecule has 1 amide bonds. The molecule has 1 saturated heterocycles. The second-order valence-electron chi connectivity index (χ2n) is 9.60. The normalized spacial score (nSPS) is 17.4. The molecule has 1 unspecified atom stereocenters. The number of piperidine rings is 1. The van der Waals surface area contributed by atoms with Crippen LogP contribution < -0.4 is 19.5 Å². The predicted molar refractivity (Wildman–Crippen MR) is 141 cm³/mol. The number of sulfonamides is 1. The highest BCUT2D eigenvalue weighted by atomic mass is 32.2. The molecule has 1 aliphatic heterocycles. The Morgan fingerprint density at radius 3 is 2.56 bits per heavy atom. The highest BCUT2D eigenvalue weighted by Gasteiger charge is 2.51. The maximum Gasteiger partial charge on any atom is 0.240 e. The van der Waals surface area contributed by atoms with Crippen molar-refractivity contribution in [2.45, 2.75) is 32.3 Å². The summed E-state index contributed by atoms with van der Waals surface area (Å²) in [5.41, 5.74) is 2.23. The molecule has 1 saturated carbocycles. The molecule has 1 atom stereocenters. The highest BCUT2D eigenvalue weighted by Crippen LogP contribution is 2.47. The topological polar surface area (TPSA) is 84.9 Å². The minimum absolute atomic E-state index is 0.323. The number of nitrogens with zero attached hydrogens (tertiary/aromatic N) is 1. The Hall–Kier alpha value is -2.48. The van der Waals surface area contributed by atoms with Gasteiger partial charge in [0.1, 0.15) is 23.9 Å². The zero-order chi connectivity index (χ0) is 25.9. The molecule has 1 aliphatic carbocycles. The van der Waals surface area contributed by atoms with E-state index in [2.05, 4.69) is 18.9 Å². The highest BCUT2D eigenvalue weighted by molar-refractivity contribution is 7.89. The standard InChI is InChI=1S/C26H32FN2O5PS/c1-33-22-4-6-24(35)20(15-22)16-34-23-5-3-21(27)14-19(23)13-18-7-11-29(12-8-18)17-26(9-10-26)25(30)28-36(2,31)32/h3-6,13-15H,7-12,16-17,35H2,1-2H3,(H,28,30). The summed E-state index contributed by atoms with van der Waals surface area (Å²) < 4.78 is 50.5. The Morgan fingerprint density at radius 1 is 1.19 bits per heavy atom. The van der Waals surface area contributed by atoms with Crippen LogP contribution in [0.3, 0.4) is 0 Å². The molecule has 1 heterocycles. The first kappa shape index (κ1) is 26.6. The quantitative estimate of drug-likeness (QED) is 0.498. The van der Waals surface area contributed by atoms with Gasteiger partial charge in [-0.25, -0.2) is 12.8 Å². The molecule has 194 valence electrons. The minimum atomic E-state index is -3.56. The van der Waals surface area contributed by atoms with Crippen LogP contribution in [0, 0.1) is 11.2 Å². The van der Waals surface area contributed by atoms with Gasteiger partial charge < -0.3 is 14.4 Å². The van der Waals surface area contributed by atoms with Crippen molar-refractivity contribution in [3.8, 4) is 11.5 Å². The van der Waals surface area contributed by atoms with Crippen LogP contribution in [-0.2, 0) is 21.4 Å². The summed E-state index contributed by atoms with van der Waals surface area (Å²) in [6, 6.07) is 10.3. The van der Waals surface area contributed by atoms with Crippen molar-refractivity contribution in [1.29, 1.82) is 0 Å². The van der Waals surface area contributed by atoms with E-state index in [9.17, 15) is 17.6 Å². The predicted octanol–water partition coefficient (Wildman–Crippen LogP) is 3.25. The molecular weight excluding hydrogens is 502 g/mol. The van der Waals surface area contributed by atoms with Crippen molar-refractivity contribution in [3.63, 3.8) is 0 Å². The first-order chi connectivity index (χ1) is 17.1. The zero-order valence-corrected chi connectivity index (χ0v) is 22.5. The van der Waals surface area contributed by atoms with E-state index in [1.807, 2.05) is 24.3 Å². The van der Waals surface area contributed by atoms with Gasteiger partial charge in [-0.1, -0.05) is 17.7 Å². The molecule has 0 radical (unpaired) electrons. The van der Waals surface area contributed by atoms with Crippen molar-refractivity contribution in [2.24, 2.45) is 5.41 Å². The number of hydrogen-bond acceptors (Lipinski definition) is 6. The van der Waals surface area contributed by atoms with E-state index in [0.29, 0.717) is 37.3 Å². The Kier molecular flexibility index (Phi) is 8.03. The molecule has 7 nitrogen and oxygen atoms in total. The Bertz CT molecular complexity index is 1270. The fourth-order valence-electron chi connectivity index (χ4n) is 4.43. The summed E-state index contributed by atoms with van der Waals surface area (Å²) in [5.74, 6) is 0.618. The average molecular weight is 535 g/mol. The SMILES string of the molecule is COc1ccc(P)c(COc2ccc(F)cc2C=C2CCN(CC3(C(=O)NS(C)(=O)=O)CC3)CC2)c1. The third-order valence-corrected chi connectivity index (χ3v) is 7.82. The maximum atomic E-state index is 14.1. The summed E-state index contributed by atoms with van der Waals surface area (Å²) in [5, 5.41) is 1.00. The summed E-state index contributed by atoms with van der Waals surface area (Å²) in [6.45, 7) is 2.38. The number of halogens is 1. The fourth-order valence-corrected chi connectivity index (χ4v) is 5.24. The third kappa shape index (κ3) is 6.84. The molecule has 0 bridgehead atoms. The van der Waals surface area contributed by atoms with Crippen LogP contribution in [0.15, 0.2) is 42.0 Å². The molecule has 10 heteroatoms. The van der Waals surface area contributed by atoms with E-state index in [0.717, 1.165) is 48.8 Å². The molecule has 2 fully saturated rings. The molecule has 2 aromatic rings. The number of nitrogens with one attached hydrogen (secondary N) is 1. The average Bonchev–Trinajstić information content (AvgIpc) is 3.60. The summed E-state index contributed by atoms with van der Waals surface area (Å²) in [6.07, 6.45) is 5.95. The van der Waals surface area contributed by atoms with Crippen molar-refractivity contribution >= 4 is 36.6 Å². The van der Waals surface area contributed by atoms with Crippen LogP contribution in [0.5, 0.6) is 11.5 Å². The molecule has 2 aliphatic rings. The number of rotatable bonds is 9. The molecule has 4 rings (SSSR count). The third-order valence-electron chi connectivity index (χ3n) is 6.70. The van der Waals surface area contributed by atoms with Crippen molar-refractivity contribution < 1.29 is 27.1 Å². The van der Waals surface area contributed by atoms with Gasteiger partial charge in [-0.15, -0.1) is 9.24 Å². The number of ether oxygens (including phenoxy) is 2. The van der Waals surface area contributed by atoms with Gasteiger partial charge in [0.15, 0.2) is 0 Å². The molecule has 0 spiro atoms. The minimum Gasteiger partial charge on any atom is -0.497 e. The summed E-state index contributed by atoms with van der Waals surface area (Å²) in [4.78, 5) is 14.6. The molecule has 36 heavy (non-hydrogen) atoms. The number of carbonyl (C=O) groups is 1. The monoisotopic (exact) mass is 534 g/mol. The smallest absolute Gasteiger partial charge is 0.240 e. The van der Waals surface area contributed by atoms with E-state index >= 15 is 0 Å². The number of amides is 1. The maximum absolute atomic E-state index is 14.1. The lowest BCUT2D eigenvalue weighted by molar-refractivity contribution is -0.125. The van der Waals surface area contributed by atoms with Gasteiger partial charge in [0.05, 0.1) is 18.8 Å². The molecule has 2 aromatic carbocycles. The van der Waals surface area contributed by atoms with Crippen LogP contribution in [0.1, 0.15) is 36.8 Å². The zero-order valence-electron chi connectivity index (χ0n) is 20.6. The summed E-state index contributed by atoms with van der Waals surface area (Å²) in [7, 11) is 0.739. The number of carbonyl (C=O) groups excluding carboxylic acids is 1. The van der Waals surface area contributed by atoms with Crippen molar-refractivity contribution in [2.75, 3.05) is 33.0 Å². The number of likely N-dealkylation sites (tertiary alicyclic amines) is 1. The first-order valence-electron chi connectivity index (χ1n) is 11.9. The lowest BCUT2D eigenvalue weighted by Crippen LogP contribution is -2.44. The van der Waals surface area contributed by atoms with Gasteiger partial charge in [0, 0.05) is 30.8 Å². The van der Waals surface area contributed by atoms with Crippen LogP contribution in [-0.4, -0.2) is 52.2 Å². The van der Waals surface area contributed by atoms with Crippen LogP contribution >= 0.6 is 9.24 Å². The summed E-state index contributed by atoms with van der Waals surface area (Å²) >= 11 is 0. The largest absolute Gasteiger partial charge is 0.497 e. The number of benzene rings is 2. The number of methoxy groups -OCH3 is 1. The number of hydrogen-bond donors (Lipinski definition) is 1. The Morgan fingerprint density at radius 2 is 1.92 bits per heavy atom. The van der Waals surface area contributed by atoms with E-state index < -0.39 is 21.3 Å². The second kappa shape index (κ2) is 10.9. The van der Waals surface area contributed by atoms with Crippen LogP contribution in [0.4, 0.5) is 4.39 Å².